The molecule has 1 rings (SSSR count). The lowest BCUT2D eigenvalue weighted by molar-refractivity contribution is 0.464. The Morgan fingerprint density at radius 3 is 2.68 bits per heavy atom. The molecule has 6 heteroatoms. The lowest BCUT2D eigenvalue weighted by Crippen LogP contribution is -2.29. The van der Waals surface area contributed by atoms with Gasteiger partial charge < -0.3 is 5.32 Å². The van der Waals surface area contributed by atoms with Crippen molar-refractivity contribution in [2.45, 2.75) is 39.3 Å². The van der Waals surface area contributed by atoms with Crippen LogP contribution in [-0.2, 0) is 16.6 Å². The topological polar surface area (TPSA) is 49.4 Å². The van der Waals surface area contributed by atoms with E-state index in [0.717, 1.165) is 18.5 Å². The fraction of sp³-hybridized carbons (Fsp3) is 0.692. The highest BCUT2D eigenvalue weighted by Gasteiger charge is 2.17. The number of nitrogens with zero attached hydrogens (tertiary/aromatic N) is 1. The molecule has 1 N–H and O–H groups in total. The third kappa shape index (κ3) is 6.51. The van der Waals surface area contributed by atoms with E-state index in [4.69, 9.17) is 0 Å². The summed E-state index contributed by atoms with van der Waals surface area (Å²) in [5.74, 6) is 0.230. The molecule has 110 valence electrons. The average Bonchev–Trinajstić information content (AvgIpc) is 2.80. The quantitative estimate of drug-likeness (QED) is 0.712. The Hall–Kier alpha value is -0.430. The van der Waals surface area contributed by atoms with Crippen LogP contribution in [0.4, 0.5) is 0 Å². The molecule has 0 aliphatic carbocycles. The van der Waals surface area contributed by atoms with E-state index in [1.165, 1.54) is 4.31 Å². The normalized spacial score (nSPS) is 12.5. The van der Waals surface area contributed by atoms with Crippen LogP contribution in [0, 0.1) is 0 Å². The molecule has 1 heterocycles. The predicted octanol–water partition coefficient (Wildman–Crippen LogP) is 2.29. The molecule has 0 atom stereocenters. The van der Waals surface area contributed by atoms with Crippen LogP contribution in [-0.4, -0.2) is 38.1 Å². The van der Waals surface area contributed by atoms with E-state index in [1.54, 1.807) is 18.4 Å². The van der Waals surface area contributed by atoms with Gasteiger partial charge in [-0.1, -0.05) is 13.8 Å². The molecule has 4 nitrogen and oxygen atoms in total. The van der Waals surface area contributed by atoms with Crippen molar-refractivity contribution in [2.24, 2.45) is 0 Å². The van der Waals surface area contributed by atoms with Gasteiger partial charge in [-0.25, -0.2) is 12.7 Å². The summed E-state index contributed by atoms with van der Waals surface area (Å²) in [6.07, 6.45) is 1.60. The third-order valence-electron chi connectivity index (χ3n) is 2.84. The van der Waals surface area contributed by atoms with Gasteiger partial charge in [0.15, 0.2) is 0 Å². The summed E-state index contributed by atoms with van der Waals surface area (Å²) >= 11 is 1.59. The fourth-order valence-electron chi connectivity index (χ4n) is 1.69. The highest BCUT2D eigenvalue weighted by Crippen LogP contribution is 2.12. The number of rotatable bonds is 9. The zero-order chi connectivity index (χ0) is 14.3. The lowest BCUT2D eigenvalue weighted by Gasteiger charge is -2.16. The summed E-state index contributed by atoms with van der Waals surface area (Å²) < 4.78 is 25.6. The van der Waals surface area contributed by atoms with Crippen LogP contribution in [0.15, 0.2) is 16.8 Å². The first-order chi connectivity index (χ1) is 8.92. The van der Waals surface area contributed by atoms with Crippen molar-refractivity contribution in [1.82, 2.24) is 9.62 Å². The van der Waals surface area contributed by atoms with Crippen molar-refractivity contribution in [3.63, 3.8) is 0 Å². The molecule has 0 aliphatic rings. The molecule has 19 heavy (non-hydrogen) atoms. The zero-order valence-electron chi connectivity index (χ0n) is 11.9. The molecule has 0 radical (unpaired) electrons. The molecule has 0 amide bonds. The summed E-state index contributed by atoms with van der Waals surface area (Å²) in [7, 11) is -1.47. The van der Waals surface area contributed by atoms with Gasteiger partial charge in [-0.05, 0) is 41.8 Å². The molecule has 0 fully saturated rings. The number of hydrogen-bond donors (Lipinski definition) is 1. The number of sulfonamides is 1. The van der Waals surface area contributed by atoms with E-state index < -0.39 is 10.0 Å². The molecule has 0 aromatic carbocycles. The van der Waals surface area contributed by atoms with E-state index in [9.17, 15) is 8.42 Å². The maximum Gasteiger partial charge on any atom is 0.214 e. The van der Waals surface area contributed by atoms with Gasteiger partial charge in [-0.15, -0.1) is 0 Å². The van der Waals surface area contributed by atoms with Crippen LogP contribution in [0.25, 0.3) is 0 Å². The molecular formula is C13H24N2O2S2. The molecule has 1 aromatic rings. The summed E-state index contributed by atoms with van der Waals surface area (Å²) in [4.78, 5) is 0. The number of thiophene rings is 1. The summed E-state index contributed by atoms with van der Waals surface area (Å²) in [5, 5.41) is 7.24. The Bertz CT molecular complexity index is 441. The maximum absolute atomic E-state index is 12.1. The SMILES string of the molecule is CC(C)NCCCCS(=O)(=O)N(C)Cc1ccsc1. The van der Waals surface area contributed by atoms with Crippen LogP contribution in [0.2, 0.25) is 0 Å². The second-order valence-electron chi connectivity index (χ2n) is 5.02. The highest BCUT2D eigenvalue weighted by atomic mass is 32.2. The van der Waals surface area contributed by atoms with Gasteiger partial charge in [0, 0.05) is 19.6 Å². The molecule has 0 spiro atoms. The molecule has 0 bridgehead atoms. The van der Waals surface area contributed by atoms with Crippen LogP contribution >= 0.6 is 11.3 Å². The minimum absolute atomic E-state index is 0.230. The predicted molar refractivity (Wildman–Crippen MR) is 81.9 cm³/mol. The van der Waals surface area contributed by atoms with Gasteiger partial charge in [0.05, 0.1) is 5.75 Å². The van der Waals surface area contributed by atoms with Crippen molar-refractivity contribution >= 4 is 21.4 Å². The van der Waals surface area contributed by atoms with Crippen molar-refractivity contribution in [3.05, 3.63) is 22.4 Å². The number of nitrogens with one attached hydrogen (secondary N) is 1. The minimum atomic E-state index is -3.13. The number of hydrogen-bond acceptors (Lipinski definition) is 4. The minimum Gasteiger partial charge on any atom is -0.315 e. The first-order valence-electron chi connectivity index (χ1n) is 6.60. The maximum atomic E-state index is 12.1. The van der Waals surface area contributed by atoms with Crippen molar-refractivity contribution in [3.8, 4) is 0 Å². The fourth-order valence-corrected chi connectivity index (χ4v) is 3.58. The van der Waals surface area contributed by atoms with E-state index in [-0.39, 0.29) is 5.75 Å². The summed E-state index contributed by atoms with van der Waals surface area (Å²) in [6, 6.07) is 2.42. The Balaban J connectivity index is 2.30. The van der Waals surface area contributed by atoms with Crippen LogP contribution in [0.1, 0.15) is 32.3 Å². The van der Waals surface area contributed by atoms with Crippen LogP contribution in [0.3, 0.4) is 0 Å². The summed E-state index contributed by atoms with van der Waals surface area (Å²) in [6.45, 7) is 5.52. The van der Waals surface area contributed by atoms with Crippen LogP contribution in [0.5, 0.6) is 0 Å². The van der Waals surface area contributed by atoms with Gasteiger partial charge in [0.1, 0.15) is 0 Å². The van der Waals surface area contributed by atoms with E-state index in [0.29, 0.717) is 19.0 Å². The van der Waals surface area contributed by atoms with E-state index >= 15 is 0 Å². The Morgan fingerprint density at radius 1 is 1.37 bits per heavy atom. The van der Waals surface area contributed by atoms with Gasteiger partial charge in [-0.2, -0.15) is 11.3 Å². The average molecular weight is 304 g/mol. The first kappa shape index (κ1) is 16.6. The smallest absolute Gasteiger partial charge is 0.214 e. The second kappa shape index (κ2) is 7.99. The molecule has 0 aliphatic heterocycles. The monoisotopic (exact) mass is 304 g/mol. The number of unbranched alkanes of at least 4 members (excludes halogenated alkanes) is 1. The van der Waals surface area contributed by atoms with Gasteiger partial charge in [-0.3, -0.25) is 0 Å². The van der Waals surface area contributed by atoms with Gasteiger partial charge in [0.25, 0.3) is 0 Å². The highest BCUT2D eigenvalue weighted by molar-refractivity contribution is 7.89. The van der Waals surface area contributed by atoms with Gasteiger partial charge >= 0.3 is 0 Å². The van der Waals surface area contributed by atoms with Crippen molar-refractivity contribution in [1.29, 1.82) is 0 Å². The van der Waals surface area contributed by atoms with Gasteiger partial charge in [0.2, 0.25) is 10.0 Å². The van der Waals surface area contributed by atoms with Crippen LogP contribution < -0.4 is 5.32 Å². The largest absolute Gasteiger partial charge is 0.315 e. The van der Waals surface area contributed by atoms with E-state index in [2.05, 4.69) is 19.2 Å². The van der Waals surface area contributed by atoms with Crippen molar-refractivity contribution < 1.29 is 8.42 Å². The van der Waals surface area contributed by atoms with E-state index in [1.807, 2.05) is 16.8 Å². The molecular weight excluding hydrogens is 280 g/mol. The second-order valence-corrected chi connectivity index (χ2v) is 8.00. The molecule has 1 aromatic heterocycles. The summed E-state index contributed by atoms with van der Waals surface area (Å²) in [5.41, 5.74) is 1.05. The lowest BCUT2D eigenvalue weighted by atomic mass is 10.3. The first-order valence-corrected chi connectivity index (χ1v) is 9.15. The zero-order valence-corrected chi connectivity index (χ0v) is 13.6. The molecule has 0 saturated carbocycles. The Kier molecular flexibility index (Phi) is 6.99. The molecule has 0 saturated heterocycles. The Labute approximate surface area is 120 Å². The standard InChI is InChI=1S/C13H24N2O2S2/c1-12(2)14-7-4-5-9-19(16,17)15(3)10-13-6-8-18-11-13/h6,8,11-12,14H,4-5,7,9-10H2,1-3H3. The third-order valence-corrected chi connectivity index (χ3v) is 5.46. The van der Waals surface area contributed by atoms with Crippen molar-refractivity contribution in [2.75, 3.05) is 19.3 Å². The Morgan fingerprint density at radius 2 is 2.11 bits per heavy atom. The molecule has 0 unspecified atom stereocenters.